The van der Waals surface area contributed by atoms with Crippen molar-refractivity contribution in [3.63, 3.8) is 0 Å². The maximum atomic E-state index is 5.97. The highest BCUT2D eigenvalue weighted by Crippen LogP contribution is 2.29. The van der Waals surface area contributed by atoms with Crippen LogP contribution in [0.5, 0.6) is 0 Å². The molecule has 0 saturated heterocycles. The molecule has 0 aliphatic heterocycles. The number of hydrogen-bond acceptors (Lipinski definition) is 6. The van der Waals surface area contributed by atoms with Gasteiger partial charge in [-0.2, -0.15) is 0 Å². The van der Waals surface area contributed by atoms with Crippen molar-refractivity contribution in [1.29, 1.82) is 0 Å². The van der Waals surface area contributed by atoms with E-state index in [0.29, 0.717) is 11.6 Å². The summed E-state index contributed by atoms with van der Waals surface area (Å²) in [6, 6.07) is 20.7. The molecule has 160 valence electrons. The number of thioether (sulfide) groups is 1. The lowest BCUT2D eigenvalue weighted by molar-refractivity contribution is 0.272. The standard InChI is InChI=1S/C24H27N5OS/c1-4-20(28(2)3)23-26-27-24(29(23)16-18-11-7-5-8-12-18)31-17-22-25-15-21(30-22)19-13-9-6-10-14-19/h5-15,20H,4,16-17H2,1-3H3/t20-/m1/s1. The highest BCUT2D eigenvalue weighted by atomic mass is 32.2. The highest BCUT2D eigenvalue weighted by molar-refractivity contribution is 7.98. The van der Waals surface area contributed by atoms with Crippen molar-refractivity contribution < 1.29 is 4.42 Å². The molecule has 6 nitrogen and oxygen atoms in total. The average molecular weight is 434 g/mol. The van der Waals surface area contributed by atoms with Gasteiger partial charge in [0.05, 0.1) is 24.5 Å². The summed E-state index contributed by atoms with van der Waals surface area (Å²) in [6.45, 7) is 2.91. The van der Waals surface area contributed by atoms with E-state index in [1.807, 2.05) is 36.4 Å². The van der Waals surface area contributed by atoms with Crippen LogP contribution in [0.1, 0.15) is 36.7 Å². The Labute approximate surface area is 187 Å². The molecule has 0 saturated carbocycles. The largest absolute Gasteiger partial charge is 0.440 e. The maximum absolute atomic E-state index is 5.97. The molecular weight excluding hydrogens is 406 g/mol. The highest BCUT2D eigenvalue weighted by Gasteiger charge is 2.22. The summed E-state index contributed by atoms with van der Waals surface area (Å²) in [5.74, 6) is 3.04. The van der Waals surface area contributed by atoms with Gasteiger partial charge in [0.15, 0.2) is 16.7 Å². The molecule has 1 atom stereocenters. The second kappa shape index (κ2) is 9.94. The van der Waals surface area contributed by atoms with Crippen LogP contribution in [-0.4, -0.2) is 38.7 Å². The molecule has 4 rings (SSSR count). The molecule has 0 amide bonds. The molecule has 2 aromatic heterocycles. The summed E-state index contributed by atoms with van der Waals surface area (Å²) in [5, 5.41) is 9.97. The Balaban J connectivity index is 1.56. The van der Waals surface area contributed by atoms with Crippen LogP contribution in [0.4, 0.5) is 0 Å². The van der Waals surface area contributed by atoms with Gasteiger partial charge < -0.3 is 8.98 Å². The lowest BCUT2D eigenvalue weighted by Gasteiger charge is -2.23. The van der Waals surface area contributed by atoms with Crippen LogP contribution in [0.2, 0.25) is 0 Å². The van der Waals surface area contributed by atoms with Gasteiger partial charge in [-0.05, 0) is 26.1 Å². The molecule has 4 aromatic rings. The smallest absolute Gasteiger partial charge is 0.205 e. The van der Waals surface area contributed by atoms with Gasteiger partial charge in [-0.25, -0.2) is 4.98 Å². The van der Waals surface area contributed by atoms with Crippen molar-refractivity contribution in [2.45, 2.75) is 36.8 Å². The predicted octanol–water partition coefficient (Wildman–Crippen LogP) is 5.29. The predicted molar refractivity (Wildman–Crippen MR) is 124 cm³/mol. The Morgan fingerprint density at radius 2 is 1.71 bits per heavy atom. The molecular formula is C24H27N5OS. The summed E-state index contributed by atoms with van der Waals surface area (Å²) < 4.78 is 8.18. The van der Waals surface area contributed by atoms with Gasteiger partial charge in [0.25, 0.3) is 0 Å². The third kappa shape index (κ3) is 5.06. The first-order valence-corrected chi connectivity index (χ1v) is 11.4. The normalized spacial score (nSPS) is 12.4. The van der Waals surface area contributed by atoms with E-state index in [4.69, 9.17) is 4.42 Å². The Bertz CT molecular complexity index is 1090. The monoisotopic (exact) mass is 433 g/mol. The number of benzene rings is 2. The number of aromatic nitrogens is 4. The molecule has 0 spiro atoms. The summed E-state index contributed by atoms with van der Waals surface area (Å²) >= 11 is 1.60. The molecule has 0 radical (unpaired) electrons. The zero-order valence-electron chi connectivity index (χ0n) is 18.1. The molecule has 2 aromatic carbocycles. The summed E-state index contributed by atoms with van der Waals surface area (Å²) in [4.78, 5) is 6.65. The van der Waals surface area contributed by atoms with Crippen LogP contribution in [-0.2, 0) is 12.3 Å². The van der Waals surface area contributed by atoms with Crippen molar-refractivity contribution in [3.8, 4) is 11.3 Å². The summed E-state index contributed by atoms with van der Waals surface area (Å²) in [7, 11) is 4.17. The third-order valence-electron chi connectivity index (χ3n) is 5.17. The maximum Gasteiger partial charge on any atom is 0.205 e. The van der Waals surface area contributed by atoms with Gasteiger partial charge in [-0.1, -0.05) is 79.3 Å². The molecule has 7 heteroatoms. The number of rotatable bonds is 9. The molecule has 31 heavy (non-hydrogen) atoms. The van der Waals surface area contributed by atoms with Crippen molar-refractivity contribution in [3.05, 3.63) is 84.1 Å². The van der Waals surface area contributed by atoms with Gasteiger partial charge in [-0.15, -0.1) is 10.2 Å². The summed E-state index contributed by atoms with van der Waals surface area (Å²) in [6.07, 6.45) is 2.75. The minimum absolute atomic E-state index is 0.206. The molecule has 0 fully saturated rings. The second-order valence-corrected chi connectivity index (χ2v) is 8.52. The molecule has 0 aliphatic rings. The molecule has 0 aliphatic carbocycles. The van der Waals surface area contributed by atoms with E-state index in [1.54, 1.807) is 18.0 Å². The lowest BCUT2D eigenvalue weighted by atomic mass is 10.2. The Morgan fingerprint density at radius 3 is 2.39 bits per heavy atom. The lowest BCUT2D eigenvalue weighted by Crippen LogP contribution is -2.23. The van der Waals surface area contributed by atoms with E-state index in [0.717, 1.165) is 35.3 Å². The zero-order valence-corrected chi connectivity index (χ0v) is 18.9. The molecule has 0 N–H and O–H groups in total. The first-order chi connectivity index (χ1) is 15.2. The Morgan fingerprint density at radius 1 is 1.00 bits per heavy atom. The Kier molecular flexibility index (Phi) is 6.84. The van der Waals surface area contributed by atoms with Crippen LogP contribution in [0.15, 0.2) is 76.4 Å². The van der Waals surface area contributed by atoms with Crippen molar-refractivity contribution in [2.24, 2.45) is 0 Å². The van der Waals surface area contributed by atoms with Crippen molar-refractivity contribution >= 4 is 11.8 Å². The van der Waals surface area contributed by atoms with E-state index in [2.05, 4.69) is 69.9 Å². The van der Waals surface area contributed by atoms with Gasteiger partial charge in [-0.3, -0.25) is 4.90 Å². The van der Waals surface area contributed by atoms with Crippen LogP contribution >= 0.6 is 11.8 Å². The molecule has 0 bridgehead atoms. The minimum atomic E-state index is 0.206. The number of hydrogen-bond donors (Lipinski definition) is 0. The van der Waals surface area contributed by atoms with Gasteiger partial charge in [0.1, 0.15) is 0 Å². The van der Waals surface area contributed by atoms with Crippen LogP contribution in [0, 0.1) is 0 Å². The van der Waals surface area contributed by atoms with E-state index < -0.39 is 0 Å². The Hall–Kier alpha value is -2.90. The first kappa shape index (κ1) is 21.3. The quantitative estimate of drug-likeness (QED) is 0.334. The van der Waals surface area contributed by atoms with E-state index in [-0.39, 0.29) is 6.04 Å². The van der Waals surface area contributed by atoms with Crippen molar-refractivity contribution in [2.75, 3.05) is 14.1 Å². The van der Waals surface area contributed by atoms with E-state index in [1.165, 1.54) is 5.56 Å². The minimum Gasteiger partial charge on any atom is -0.440 e. The van der Waals surface area contributed by atoms with Crippen LogP contribution < -0.4 is 0 Å². The SMILES string of the molecule is CC[C@H](c1nnc(SCc2ncc(-c3ccccc3)o2)n1Cc1ccccc1)N(C)C. The van der Waals surface area contributed by atoms with E-state index >= 15 is 0 Å². The average Bonchev–Trinajstić information content (AvgIpc) is 3.42. The fourth-order valence-corrected chi connectivity index (χ4v) is 4.38. The molecule has 2 heterocycles. The number of nitrogens with zero attached hydrogens (tertiary/aromatic N) is 5. The molecule has 0 unspecified atom stereocenters. The van der Waals surface area contributed by atoms with E-state index in [9.17, 15) is 0 Å². The first-order valence-electron chi connectivity index (χ1n) is 10.4. The summed E-state index contributed by atoms with van der Waals surface area (Å²) in [5.41, 5.74) is 2.25. The van der Waals surface area contributed by atoms with Gasteiger partial charge >= 0.3 is 0 Å². The zero-order chi connectivity index (χ0) is 21.6. The van der Waals surface area contributed by atoms with Crippen LogP contribution in [0.25, 0.3) is 11.3 Å². The van der Waals surface area contributed by atoms with Crippen LogP contribution in [0.3, 0.4) is 0 Å². The number of oxazole rings is 1. The second-order valence-electron chi connectivity index (χ2n) is 7.57. The van der Waals surface area contributed by atoms with Gasteiger partial charge in [0, 0.05) is 5.56 Å². The van der Waals surface area contributed by atoms with Crippen molar-refractivity contribution in [1.82, 2.24) is 24.6 Å². The van der Waals surface area contributed by atoms with Gasteiger partial charge in [0.2, 0.25) is 5.89 Å². The fourth-order valence-electron chi connectivity index (χ4n) is 3.59. The fraction of sp³-hybridized carbons (Fsp3) is 0.292. The third-order valence-corrected chi connectivity index (χ3v) is 6.13. The topological polar surface area (TPSA) is 60.0 Å².